The second-order valence-corrected chi connectivity index (χ2v) is 9.69. The molecule has 0 amide bonds. The summed E-state index contributed by atoms with van der Waals surface area (Å²) in [4.78, 5) is 0. The van der Waals surface area contributed by atoms with Crippen molar-refractivity contribution < 1.29 is 13.6 Å². The van der Waals surface area contributed by atoms with Gasteiger partial charge in [-0.1, -0.05) is 82.7 Å². The summed E-state index contributed by atoms with van der Waals surface area (Å²) in [5, 5.41) is 3.37. The Balaban J connectivity index is 1.79. The van der Waals surface area contributed by atoms with Crippen molar-refractivity contribution in [2.45, 2.75) is 5.78 Å². The SMILES string of the molecule is O=P(Oc1ccccc1)(Oc1ccccc1)C(Nc1ccccc1)c1ccc(Br)cc1. The van der Waals surface area contributed by atoms with Crippen LogP contribution >= 0.6 is 23.5 Å². The molecular formula is C25H21BrNO3P. The number of hydrogen-bond acceptors (Lipinski definition) is 4. The minimum Gasteiger partial charge on any atom is -0.414 e. The molecule has 0 radical (unpaired) electrons. The van der Waals surface area contributed by atoms with E-state index in [2.05, 4.69) is 21.2 Å². The molecule has 0 saturated carbocycles. The highest BCUT2D eigenvalue weighted by Gasteiger charge is 2.41. The number of hydrogen-bond donors (Lipinski definition) is 1. The highest BCUT2D eigenvalue weighted by atomic mass is 79.9. The van der Waals surface area contributed by atoms with Crippen LogP contribution in [0.2, 0.25) is 0 Å². The quantitative estimate of drug-likeness (QED) is 0.253. The van der Waals surface area contributed by atoms with E-state index >= 15 is 0 Å². The van der Waals surface area contributed by atoms with Gasteiger partial charge in [-0.15, -0.1) is 0 Å². The molecule has 0 aromatic heterocycles. The van der Waals surface area contributed by atoms with Gasteiger partial charge in [-0.05, 0) is 54.1 Å². The fourth-order valence-corrected chi connectivity index (χ4v) is 5.25. The Labute approximate surface area is 190 Å². The molecular weight excluding hydrogens is 473 g/mol. The van der Waals surface area contributed by atoms with Crippen LogP contribution in [0.1, 0.15) is 11.3 Å². The molecule has 4 nitrogen and oxygen atoms in total. The Morgan fingerprint density at radius 3 is 1.58 bits per heavy atom. The molecule has 0 aliphatic heterocycles. The van der Waals surface area contributed by atoms with Gasteiger partial charge in [-0.3, -0.25) is 0 Å². The van der Waals surface area contributed by atoms with Gasteiger partial charge in [0, 0.05) is 10.2 Å². The number of anilines is 1. The lowest BCUT2D eigenvalue weighted by atomic mass is 10.2. The van der Waals surface area contributed by atoms with E-state index in [4.69, 9.17) is 9.05 Å². The minimum absolute atomic E-state index is 0.471. The van der Waals surface area contributed by atoms with E-state index in [0.717, 1.165) is 15.7 Å². The summed E-state index contributed by atoms with van der Waals surface area (Å²) in [5.74, 6) is 0.195. The normalized spacial score (nSPS) is 12.0. The van der Waals surface area contributed by atoms with Crippen LogP contribution in [-0.2, 0) is 4.57 Å². The zero-order valence-electron chi connectivity index (χ0n) is 16.6. The van der Waals surface area contributed by atoms with Crippen LogP contribution in [0.3, 0.4) is 0 Å². The molecule has 0 spiro atoms. The molecule has 31 heavy (non-hydrogen) atoms. The maximum Gasteiger partial charge on any atom is 0.457 e. The van der Waals surface area contributed by atoms with Gasteiger partial charge < -0.3 is 14.4 Å². The summed E-state index contributed by atoms with van der Waals surface area (Å²) >= 11 is 3.47. The van der Waals surface area contributed by atoms with Crippen LogP contribution in [0.15, 0.2) is 120 Å². The van der Waals surface area contributed by atoms with E-state index in [0.29, 0.717) is 11.5 Å². The van der Waals surface area contributed by atoms with E-state index in [1.54, 1.807) is 24.3 Å². The van der Waals surface area contributed by atoms with Crippen LogP contribution in [0.4, 0.5) is 5.69 Å². The van der Waals surface area contributed by atoms with Crippen LogP contribution in [0, 0.1) is 0 Å². The first kappa shape index (κ1) is 21.2. The lowest BCUT2D eigenvalue weighted by molar-refractivity contribution is 0.376. The first-order valence-electron chi connectivity index (χ1n) is 9.78. The highest BCUT2D eigenvalue weighted by Crippen LogP contribution is 2.60. The molecule has 0 aliphatic rings. The summed E-state index contributed by atoms with van der Waals surface area (Å²) in [6.45, 7) is 0. The van der Waals surface area contributed by atoms with Crippen molar-refractivity contribution in [2.24, 2.45) is 0 Å². The first-order valence-corrected chi connectivity index (χ1v) is 12.2. The fraction of sp³-hybridized carbons (Fsp3) is 0.0400. The predicted molar refractivity (Wildman–Crippen MR) is 129 cm³/mol. The van der Waals surface area contributed by atoms with Gasteiger partial charge in [-0.2, -0.15) is 0 Å². The maximum absolute atomic E-state index is 14.4. The summed E-state index contributed by atoms with van der Waals surface area (Å²) in [6, 6.07) is 35.4. The van der Waals surface area contributed by atoms with E-state index in [9.17, 15) is 4.57 Å². The molecule has 0 saturated heterocycles. The molecule has 0 heterocycles. The van der Waals surface area contributed by atoms with Crippen LogP contribution in [0.25, 0.3) is 0 Å². The summed E-state index contributed by atoms with van der Waals surface area (Å²) in [5.41, 5.74) is 1.59. The van der Waals surface area contributed by atoms with Gasteiger partial charge in [-0.25, -0.2) is 4.57 Å². The van der Waals surface area contributed by atoms with Gasteiger partial charge >= 0.3 is 7.60 Å². The largest absolute Gasteiger partial charge is 0.457 e. The van der Waals surface area contributed by atoms with E-state index < -0.39 is 13.4 Å². The van der Waals surface area contributed by atoms with Gasteiger partial charge in [0.25, 0.3) is 0 Å². The Hall–Kier alpha value is -3.01. The number of halogens is 1. The van der Waals surface area contributed by atoms with Crippen molar-refractivity contribution >= 4 is 29.2 Å². The highest BCUT2D eigenvalue weighted by molar-refractivity contribution is 9.10. The number of rotatable bonds is 8. The van der Waals surface area contributed by atoms with Crippen molar-refractivity contribution in [3.63, 3.8) is 0 Å². The standard InChI is InChI=1S/C25H21BrNO3P/c26-21-18-16-20(17-19-21)25(27-22-10-4-1-5-11-22)31(28,29-23-12-6-2-7-13-23)30-24-14-8-3-9-15-24/h1-19,25,27H. The van der Waals surface area contributed by atoms with E-state index in [-0.39, 0.29) is 0 Å². The molecule has 1 atom stereocenters. The fourth-order valence-electron chi connectivity index (χ4n) is 3.06. The summed E-state index contributed by atoms with van der Waals surface area (Å²) in [7, 11) is -3.80. The zero-order chi connectivity index (χ0) is 21.5. The number of benzene rings is 4. The van der Waals surface area contributed by atoms with Crippen LogP contribution < -0.4 is 14.4 Å². The molecule has 0 bridgehead atoms. The Morgan fingerprint density at radius 1 is 0.645 bits per heavy atom. The topological polar surface area (TPSA) is 47.6 Å². The molecule has 4 aromatic carbocycles. The minimum atomic E-state index is -3.80. The molecule has 4 aromatic rings. The van der Waals surface area contributed by atoms with Gasteiger partial charge in [0.05, 0.1) is 0 Å². The monoisotopic (exact) mass is 493 g/mol. The second-order valence-electron chi connectivity index (χ2n) is 6.81. The van der Waals surface area contributed by atoms with Crippen LogP contribution in [-0.4, -0.2) is 0 Å². The van der Waals surface area contributed by atoms with E-state index in [1.807, 2.05) is 91.0 Å². The third kappa shape index (κ3) is 5.57. The van der Waals surface area contributed by atoms with Crippen molar-refractivity contribution in [1.82, 2.24) is 0 Å². The summed E-state index contributed by atoms with van der Waals surface area (Å²) in [6.07, 6.45) is 0. The van der Waals surface area contributed by atoms with Crippen molar-refractivity contribution in [3.05, 3.63) is 125 Å². The molecule has 0 fully saturated rings. The summed E-state index contributed by atoms with van der Waals surface area (Å²) < 4.78 is 27.5. The first-order chi connectivity index (χ1) is 15.1. The maximum atomic E-state index is 14.4. The average molecular weight is 494 g/mol. The molecule has 0 aliphatic carbocycles. The lowest BCUT2D eigenvalue weighted by Gasteiger charge is -2.29. The van der Waals surface area contributed by atoms with E-state index in [1.165, 1.54) is 0 Å². The third-order valence-corrected chi connectivity index (χ3v) is 7.05. The lowest BCUT2D eigenvalue weighted by Crippen LogP contribution is -2.18. The van der Waals surface area contributed by atoms with Gasteiger partial charge in [0.15, 0.2) is 5.78 Å². The Bertz CT molecular complexity index is 1090. The van der Waals surface area contributed by atoms with Crippen molar-refractivity contribution in [2.75, 3.05) is 5.32 Å². The second kappa shape index (κ2) is 9.86. The van der Waals surface area contributed by atoms with Crippen LogP contribution in [0.5, 0.6) is 11.5 Å². The molecule has 6 heteroatoms. The van der Waals surface area contributed by atoms with Crippen molar-refractivity contribution in [3.8, 4) is 11.5 Å². The van der Waals surface area contributed by atoms with Crippen molar-refractivity contribution in [1.29, 1.82) is 0 Å². The van der Waals surface area contributed by atoms with Gasteiger partial charge in [0.1, 0.15) is 11.5 Å². The number of para-hydroxylation sites is 3. The Morgan fingerprint density at radius 2 is 1.10 bits per heavy atom. The number of nitrogens with one attached hydrogen (secondary N) is 1. The average Bonchev–Trinajstić information content (AvgIpc) is 2.80. The zero-order valence-corrected chi connectivity index (χ0v) is 19.1. The molecule has 4 rings (SSSR count). The Kier molecular flexibility index (Phi) is 6.76. The smallest absolute Gasteiger partial charge is 0.414 e. The molecule has 156 valence electrons. The van der Waals surface area contributed by atoms with Gasteiger partial charge in [0.2, 0.25) is 0 Å². The molecule has 1 unspecified atom stereocenters. The predicted octanol–water partition coefficient (Wildman–Crippen LogP) is 7.91. The third-order valence-electron chi connectivity index (χ3n) is 4.53. The molecule has 1 N–H and O–H groups in total.